The van der Waals surface area contributed by atoms with Crippen molar-refractivity contribution in [2.24, 2.45) is 0 Å². The minimum Gasteiger partial charge on any atom is -0.398 e. The summed E-state index contributed by atoms with van der Waals surface area (Å²) in [5.41, 5.74) is 8.45. The Hall–Kier alpha value is -3.59. The van der Waals surface area contributed by atoms with Gasteiger partial charge in [-0.3, -0.25) is 14.4 Å². The zero-order valence-electron chi connectivity index (χ0n) is 23.0. The summed E-state index contributed by atoms with van der Waals surface area (Å²) < 4.78 is 4.18. The predicted molar refractivity (Wildman–Crippen MR) is 156 cm³/mol. The topological polar surface area (TPSA) is 110 Å². The Morgan fingerprint density at radius 2 is 1.72 bits per heavy atom. The molecule has 1 amide bonds. The summed E-state index contributed by atoms with van der Waals surface area (Å²) in [4.78, 5) is 38.7. The number of ketones is 2. The number of aromatic nitrogens is 2. The third-order valence-corrected chi connectivity index (χ3v) is 9.14. The van der Waals surface area contributed by atoms with E-state index in [1.165, 1.54) is 0 Å². The number of hydrogen-bond donors (Lipinski definition) is 3. The highest BCUT2D eigenvalue weighted by Crippen LogP contribution is 2.35. The highest BCUT2D eigenvalue weighted by atomic mass is 32.2. The molecule has 9 heteroatoms. The number of benzene rings is 2. The number of rotatable bonds is 13. The third-order valence-electron chi connectivity index (χ3n) is 7.46. The fourth-order valence-electron chi connectivity index (χ4n) is 4.71. The number of nitrogens with two attached hydrogens (primary N) is 1. The summed E-state index contributed by atoms with van der Waals surface area (Å²) in [6.07, 6.45) is 8.78. The molecule has 0 bridgehead atoms. The first kappa shape index (κ1) is 28.4. The summed E-state index contributed by atoms with van der Waals surface area (Å²) in [6.45, 7) is 8.97. The van der Waals surface area contributed by atoms with Crippen LogP contribution in [0.2, 0.25) is 0 Å². The monoisotopic (exact) mass is 548 g/mol. The number of amides is 1. The highest BCUT2D eigenvalue weighted by Gasteiger charge is 2.33. The molecule has 0 saturated carbocycles. The maximum Gasteiger partial charge on any atom is 0.262 e. The Kier molecular flexibility index (Phi) is 9.12. The first-order valence-corrected chi connectivity index (χ1v) is 14.5. The van der Waals surface area contributed by atoms with Crippen LogP contribution in [-0.2, 0) is 17.9 Å². The largest absolute Gasteiger partial charge is 0.398 e. The van der Waals surface area contributed by atoms with E-state index in [0.717, 1.165) is 31.6 Å². The first-order valence-electron chi connectivity index (χ1n) is 13.6. The Morgan fingerprint density at radius 1 is 1.03 bits per heavy atom. The molecule has 0 radical (unpaired) electrons. The molecule has 0 fully saturated rings. The second-order valence-corrected chi connectivity index (χ2v) is 11.8. The van der Waals surface area contributed by atoms with Crippen molar-refractivity contribution in [1.29, 1.82) is 0 Å². The van der Waals surface area contributed by atoms with E-state index in [4.69, 9.17) is 5.73 Å². The SMILES string of the molecule is CCC(C)(CC)SCCNC(=O)C[n+]1ccn(CCCNc2ccc(N)c3c2C(=O)c2ccccc2C3=O)c1. The molecule has 8 nitrogen and oxygen atoms in total. The number of fused-ring (bicyclic) bond motifs is 2. The van der Waals surface area contributed by atoms with Gasteiger partial charge in [0.15, 0.2) is 18.1 Å². The van der Waals surface area contributed by atoms with Crippen molar-refractivity contribution in [1.82, 2.24) is 9.88 Å². The van der Waals surface area contributed by atoms with E-state index in [1.54, 1.807) is 36.4 Å². The molecule has 0 spiro atoms. The first-order chi connectivity index (χ1) is 18.8. The van der Waals surface area contributed by atoms with Crippen molar-refractivity contribution in [2.45, 2.75) is 57.9 Å². The van der Waals surface area contributed by atoms with Gasteiger partial charge in [0.05, 0.1) is 17.7 Å². The molecule has 3 aromatic rings. The Labute approximate surface area is 234 Å². The summed E-state index contributed by atoms with van der Waals surface area (Å²) in [5.74, 6) is 0.500. The van der Waals surface area contributed by atoms with Crippen LogP contribution < -0.4 is 20.9 Å². The average Bonchev–Trinajstić information content (AvgIpc) is 3.39. The lowest BCUT2D eigenvalue weighted by molar-refractivity contribution is -0.684. The van der Waals surface area contributed by atoms with Gasteiger partial charge in [-0.15, -0.1) is 0 Å². The maximum absolute atomic E-state index is 13.2. The van der Waals surface area contributed by atoms with E-state index in [2.05, 4.69) is 31.4 Å². The van der Waals surface area contributed by atoms with Gasteiger partial charge < -0.3 is 16.4 Å². The Morgan fingerprint density at radius 3 is 2.41 bits per heavy atom. The number of carbonyl (C=O) groups is 3. The number of thioether (sulfide) groups is 1. The van der Waals surface area contributed by atoms with Gasteiger partial charge in [0.2, 0.25) is 6.33 Å². The van der Waals surface area contributed by atoms with Crippen LogP contribution in [0.5, 0.6) is 0 Å². The second-order valence-electron chi connectivity index (χ2n) is 10.1. The van der Waals surface area contributed by atoms with Crippen molar-refractivity contribution in [3.05, 3.63) is 77.4 Å². The quantitative estimate of drug-likeness (QED) is 0.132. The zero-order valence-corrected chi connectivity index (χ0v) is 23.8. The summed E-state index contributed by atoms with van der Waals surface area (Å²) >= 11 is 1.92. The van der Waals surface area contributed by atoms with Crippen molar-refractivity contribution < 1.29 is 19.0 Å². The van der Waals surface area contributed by atoms with Gasteiger partial charge in [0.25, 0.3) is 5.91 Å². The van der Waals surface area contributed by atoms with Crippen molar-refractivity contribution >= 4 is 40.6 Å². The minimum atomic E-state index is -0.221. The minimum absolute atomic E-state index is 0.00336. The van der Waals surface area contributed by atoms with Crippen molar-refractivity contribution in [2.75, 3.05) is 29.9 Å². The molecule has 0 aliphatic heterocycles. The summed E-state index contributed by atoms with van der Waals surface area (Å²) in [5, 5.41) is 6.34. The van der Waals surface area contributed by atoms with Gasteiger partial charge in [-0.2, -0.15) is 11.8 Å². The molecule has 39 heavy (non-hydrogen) atoms. The highest BCUT2D eigenvalue weighted by molar-refractivity contribution is 8.00. The molecule has 4 rings (SSSR count). The molecule has 0 unspecified atom stereocenters. The second kappa shape index (κ2) is 12.5. The number of nitrogens with one attached hydrogen (secondary N) is 2. The fraction of sp³-hybridized carbons (Fsp3) is 0.400. The molecule has 1 aliphatic carbocycles. The lowest BCUT2D eigenvalue weighted by Crippen LogP contribution is -2.42. The van der Waals surface area contributed by atoms with Gasteiger partial charge in [-0.25, -0.2) is 9.13 Å². The van der Waals surface area contributed by atoms with Gasteiger partial charge >= 0.3 is 0 Å². The van der Waals surface area contributed by atoms with Crippen LogP contribution in [0.15, 0.2) is 55.1 Å². The molecule has 1 aliphatic rings. The zero-order chi connectivity index (χ0) is 28.0. The molecule has 4 N–H and O–H groups in total. The average molecular weight is 549 g/mol. The van der Waals surface area contributed by atoms with Crippen molar-refractivity contribution in [3.63, 3.8) is 0 Å². The summed E-state index contributed by atoms with van der Waals surface area (Å²) in [6, 6.07) is 10.3. The number of imidazole rings is 1. The van der Waals surface area contributed by atoms with Crippen molar-refractivity contribution in [3.8, 4) is 0 Å². The Bertz CT molecular complexity index is 1360. The molecule has 2 aromatic carbocycles. The third kappa shape index (κ3) is 6.53. The van der Waals surface area contributed by atoms with Crippen LogP contribution in [0.3, 0.4) is 0 Å². The van der Waals surface area contributed by atoms with E-state index in [1.807, 2.05) is 39.6 Å². The molecule has 1 aromatic heterocycles. The van der Waals surface area contributed by atoms with Gasteiger partial charge in [0, 0.05) is 52.5 Å². The predicted octanol–water partition coefficient (Wildman–Crippen LogP) is 4.06. The van der Waals surface area contributed by atoms with Crippen LogP contribution in [-0.4, -0.2) is 45.6 Å². The Balaban J connectivity index is 1.26. The van der Waals surface area contributed by atoms with Crippen LogP contribution in [0.1, 0.15) is 71.9 Å². The number of nitrogen functional groups attached to an aromatic ring is 1. The maximum atomic E-state index is 13.2. The number of nitrogens with zero attached hydrogens (tertiary/aromatic N) is 2. The number of anilines is 2. The summed E-state index contributed by atoms with van der Waals surface area (Å²) in [7, 11) is 0. The van der Waals surface area contributed by atoms with E-state index in [-0.39, 0.29) is 34.3 Å². The standard InChI is InChI=1S/C30H37N5O3S/c1-4-30(3,5-2)39-18-14-33-25(36)19-35-17-16-34(20-35)15-8-13-32-24-12-11-23(31)26-27(24)29(38)22-10-7-6-9-21(22)28(26)37/h6-7,9-12,16-17,20H,4-5,8,13-15,18-19H2,1-3H3,(H3-,31,32,33,36,37,38)/p+1. The molecule has 0 atom stereocenters. The van der Waals surface area contributed by atoms with E-state index in [9.17, 15) is 14.4 Å². The van der Waals surface area contributed by atoms with Gasteiger partial charge in [-0.05, 0) is 25.0 Å². The van der Waals surface area contributed by atoms with Gasteiger partial charge in [0.1, 0.15) is 12.4 Å². The number of aryl methyl sites for hydroxylation is 1. The number of hydrogen-bond acceptors (Lipinski definition) is 6. The molecular formula is C30H38N5O3S+. The fourth-order valence-corrected chi connectivity index (χ4v) is 5.81. The van der Waals surface area contributed by atoms with E-state index in [0.29, 0.717) is 41.2 Å². The molecule has 206 valence electrons. The number of carbonyl (C=O) groups excluding carboxylic acids is 3. The van der Waals surface area contributed by atoms with Crippen LogP contribution >= 0.6 is 11.8 Å². The molecule has 0 saturated heterocycles. The van der Waals surface area contributed by atoms with Crippen LogP contribution in [0.25, 0.3) is 0 Å². The van der Waals surface area contributed by atoms with E-state index < -0.39 is 0 Å². The normalized spacial score (nSPS) is 12.7. The molecule has 1 heterocycles. The van der Waals surface area contributed by atoms with Gasteiger partial charge in [-0.1, -0.05) is 45.0 Å². The smallest absolute Gasteiger partial charge is 0.262 e. The van der Waals surface area contributed by atoms with Crippen LogP contribution in [0.4, 0.5) is 11.4 Å². The molecular weight excluding hydrogens is 510 g/mol. The lowest BCUT2D eigenvalue weighted by atomic mass is 9.82. The lowest BCUT2D eigenvalue weighted by Gasteiger charge is -2.25. The van der Waals surface area contributed by atoms with Crippen LogP contribution in [0, 0.1) is 0 Å². The van der Waals surface area contributed by atoms with E-state index >= 15 is 0 Å².